The quantitative estimate of drug-likeness (QED) is 0.778. The zero-order valence-corrected chi connectivity index (χ0v) is 9.09. The Morgan fingerprint density at radius 2 is 2.25 bits per heavy atom. The summed E-state index contributed by atoms with van der Waals surface area (Å²) in [4.78, 5) is 8.13. The molecule has 2 aromatic rings. The van der Waals surface area contributed by atoms with Crippen LogP contribution in [0.1, 0.15) is 5.82 Å². The highest BCUT2D eigenvalue weighted by Crippen LogP contribution is 2.06. The topological polar surface area (TPSA) is 81.7 Å². The molecule has 2 aromatic heterocycles. The van der Waals surface area contributed by atoms with Crippen LogP contribution in [0.25, 0.3) is 0 Å². The van der Waals surface area contributed by atoms with E-state index in [1.165, 1.54) is 0 Å². The number of pyridine rings is 1. The summed E-state index contributed by atoms with van der Waals surface area (Å²) >= 11 is 0. The van der Waals surface area contributed by atoms with Crippen molar-refractivity contribution in [2.75, 3.05) is 17.6 Å². The third-order valence-corrected chi connectivity index (χ3v) is 2.11. The molecule has 2 heterocycles. The van der Waals surface area contributed by atoms with Crippen molar-refractivity contribution < 1.29 is 0 Å². The summed E-state index contributed by atoms with van der Waals surface area (Å²) in [6, 6.07) is 3.66. The predicted octanol–water partition coefficient (Wildman–Crippen LogP) is 0.447. The van der Waals surface area contributed by atoms with Gasteiger partial charge in [0.1, 0.15) is 12.1 Å². The van der Waals surface area contributed by atoms with Crippen LogP contribution in [-0.2, 0) is 13.5 Å². The third-order valence-electron chi connectivity index (χ3n) is 2.11. The lowest BCUT2D eigenvalue weighted by molar-refractivity contribution is 0.742. The maximum Gasteiger partial charge on any atom is 0.152 e. The van der Waals surface area contributed by atoms with Gasteiger partial charge in [-0.05, 0) is 12.1 Å². The first-order chi connectivity index (χ1) is 7.74. The molecule has 2 rings (SSSR count). The molecule has 0 fully saturated rings. The molecule has 0 unspecified atom stereocenters. The zero-order chi connectivity index (χ0) is 11.4. The smallest absolute Gasteiger partial charge is 0.152 e. The number of anilines is 2. The van der Waals surface area contributed by atoms with Gasteiger partial charge in [0.2, 0.25) is 0 Å². The summed E-state index contributed by atoms with van der Waals surface area (Å²) in [6.07, 6.45) is 4.19. The number of nitrogen functional groups attached to an aromatic ring is 1. The molecular weight excluding hydrogens is 204 g/mol. The molecule has 3 N–H and O–H groups in total. The second kappa shape index (κ2) is 4.61. The molecule has 0 spiro atoms. The van der Waals surface area contributed by atoms with Crippen LogP contribution in [0, 0.1) is 0 Å². The summed E-state index contributed by atoms with van der Waals surface area (Å²) in [6.45, 7) is 0.773. The number of hydrogen-bond donors (Lipinski definition) is 2. The molecule has 0 aliphatic carbocycles. The van der Waals surface area contributed by atoms with Gasteiger partial charge < -0.3 is 11.1 Å². The largest absolute Gasteiger partial charge is 0.384 e. The van der Waals surface area contributed by atoms with E-state index >= 15 is 0 Å². The first-order valence-corrected chi connectivity index (χ1v) is 5.04. The van der Waals surface area contributed by atoms with Gasteiger partial charge >= 0.3 is 0 Å². The molecule has 84 valence electrons. The number of hydrogen-bond acceptors (Lipinski definition) is 5. The number of nitrogens with two attached hydrogens (primary N) is 1. The van der Waals surface area contributed by atoms with Crippen LogP contribution in [-0.4, -0.2) is 26.3 Å². The van der Waals surface area contributed by atoms with Crippen LogP contribution in [0.3, 0.4) is 0 Å². The van der Waals surface area contributed by atoms with Crippen molar-refractivity contribution >= 4 is 11.5 Å². The Bertz CT molecular complexity index is 447. The Hall–Kier alpha value is -2.11. The second-order valence-corrected chi connectivity index (χ2v) is 3.48. The van der Waals surface area contributed by atoms with E-state index in [0.717, 1.165) is 24.5 Å². The lowest BCUT2D eigenvalue weighted by atomic mass is 10.3. The molecule has 16 heavy (non-hydrogen) atoms. The molecule has 0 aliphatic rings. The van der Waals surface area contributed by atoms with Gasteiger partial charge in [-0.25, -0.2) is 9.97 Å². The first-order valence-electron chi connectivity index (χ1n) is 5.04. The summed E-state index contributed by atoms with van der Waals surface area (Å²) in [5.41, 5.74) is 6.44. The molecule has 6 nitrogen and oxygen atoms in total. The summed E-state index contributed by atoms with van der Waals surface area (Å²) < 4.78 is 1.69. The molecule has 0 bridgehead atoms. The van der Waals surface area contributed by atoms with Crippen LogP contribution in [0.2, 0.25) is 0 Å². The molecule has 0 amide bonds. The maximum atomic E-state index is 5.49. The number of aryl methyl sites for hydroxylation is 1. The molecule has 0 aromatic carbocycles. The van der Waals surface area contributed by atoms with Crippen LogP contribution >= 0.6 is 0 Å². The molecule has 6 heteroatoms. The Morgan fingerprint density at radius 3 is 2.88 bits per heavy atom. The van der Waals surface area contributed by atoms with E-state index in [4.69, 9.17) is 5.73 Å². The second-order valence-electron chi connectivity index (χ2n) is 3.48. The lowest BCUT2D eigenvalue weighted by Crippen LogP contribution is -2.06. The molecule has 0 aliphatic heterocycles. The van der Waals surface area contributed by atoms with E-state index < -0.39 is 0 Å². The molecular formula is C10H14N6. The van der Waals surface area contributed by atoms with E-state index in [1.54, 1.807) is 23.3 Å². The zero-order valence-electron chi connectivity index (χ0n) is 9.09. The van der Waals surface area contributed by atoms with Crippen LogP contribution in [0.4, 0.5) is 11.5 Å². The van der Waals surface area contributed by atoms with E-state index in [9.17, 15) is 0 Å². The van der Waals surface area contributed by atoms with Gasteiger partial charge in [-0.3, -0.25) is 4.68 Å². The van der Waals surface area contributed by atoms with Gasteiger partial charge in [-0.1, -0.05) is 0 Å². The van der Waals surface area contributed by atoms with Gasteiger partial charge in [0.05, 0.1) is 11.9 Å². The highest BCUT2D eigenvalue weighted by atomic mass is 15.3. The fourth-order valence-corrected chi connectivity index (χ4v) is 1.33. The Kier molecular flexibility index (Phi) is 3.00. The average molecular weight is 218 g/mol. The van der Waals surface area contributed by atoms with Crippen LogP contribution in [0.5, 0.6) is 0 Å². The SMILES string of the molecule is Cn1cnc(CCNc2ccc(N)nc2)n1. The molecule has 0 atom stereocenters. The van der Waals surface area contributed by atoms with Crippen molar-refractivity contribution in [3.05, 3.63) is 30.5 Å². The predicted molar refractivity (Wildman–Crippen MR) is 61.8 cm³/mol. The summed E-state index contributed by atoms with van der Waals surface area (Å²) in [5, 5.41) is 7.41. The highest BCUT2D eigenvalue weighted by molar-refractivity contribution is 5.45. The Morgan fingerprint density at radius 1 is 1.38 bits per heavy atom. The number of nitrogens with zero attached hydrogens (tertiary/aromatic N) is 4. The number of rotatable bonds is 4. The van der Waals surface area contributed by atoms with E-state index in [-0.39, 0.29) is 0 Å². The minimum Gasteiger partial charge on any atom is -0.384 e. The maximum absolute atomic E-state index is 5.49. The number of aromatic nitrogens is 4. The van der Waals surface area contributed by atoms with Crippen molar-refractivity contribution in [2.45, 2.75) is 6.42 Å². The van der Waals surface area contributed by atoms with Crippen LogP contribution < -0.4 is 11.1 Å². The first kappa shape index (κ1) is 10.4. The van der Waals surface area contributed by atoms with Gasteiger partial charge in [0.15, 0.2) is 5.82 Å². The summed E-state index contributed by atoms with van der Waals surface area (Å²) in [7, 11) is 1.85. The minimum atomic E-state index is 0.525. The standard InChI is InChI=1S/C10H14N6/c1-16-7-14-10(15-16)4-5-12-8-2-3-9(11)13-6-8/h2-3,6-7,12H,4-5H2,1H3,(H2,11,13). The van der Waals surface area contributed by atoms with Gasteiger partial charge in [-0.2, -0.15) is 5.10 Å². The van der Waals surface area contributed by atoms with Crippen molar-refractivity contribution in [3.8, 4) is 0 Å². The van der Waals surface area contributed by atoms with Crippen LogP contribution in [0.15, 0.2) is 24.7 Å². The lowest BCUT2D eigenvalue weighted by Gasteiger charge is -2.03. The van der Waals surface area contributed by atoms with Crippen molar-refractivity contribution in [2.24, 2.45) is 7.05 Å². The monoisotopic (exact) mass is 218 g/mol. The molecule has 0 radical (unpaired) electrons. The Labute approximate surface area is 93.5 Å². The fraction of sp³-hybridized carbons (Fsp3) is 0.300. The summed E-state index contributed by atoms with van der Waals surface area (Å²) in [5.74, 6) is 1.36. The van der Waals surface area contributed by atoms with Gasteiger partial charge in [-0.15, -0.1) is 0 Å². The highest BCUT2D eigenvalue weighted by Gasteiger charge is 1.98. The van der Waals surface area contributed by atoms with E-state index in [0.29, 0.717) is 5.82 Å². The minimum absolute atomic E-state index is 0.525. The number of nitrogens with one attached hydrogen (secondary N) is 1. The van der Waals surface area contributed by atoms with Gasteiger partial charge in [0, 0.05) is 20.0 Å². The normalized spacial score (nSPS) is 10.3. The molecule has 0 saturated carbocycles. The average Bonchev–Trinajstić information content (AvgIpc) is 2.67. The van der Waals surface area contributed by atoms with E-state index in [1.807, 2.05) is 13.1 Å². The Balaban J connectivity index is 1.82. The van der Waals surface area contributed by atoms with Gasteiger partial charge in [0.25, 0.3) is 0 Å². The fourth-order valence-electron chi connectivity index (χ4n) is 1.33. The molecule has 0 saturated heterocycles. The van der Waals surface area contributed by atoms with Crippen molar-refractivity contribution in [1.82, 2.24) is 19.7 Å². The third kappa shape index (κ3) is 2.69. The van der Waals surface area contributed by atoms with Crippen molar-refractivity contribution in [1.29, 1.82) is 0 Å². The van der Waals surface area contributed by atoms with Crippen molar-refractivity contribution in [3.63, 3.8) is 0 Å². The van der Waals surface area contributed by atoms with E-state index in [2.05, 4.69) is 20.4 Å².